The number of benzene rings is 1. The quantitative estimate of drug-likeness (QED) is 0.905. The van der Waals surface area contributed by atoms with Crippen molar-refractivity contribution in [2.45, 2.75) is 33.3 Å². The molecule has 1 aliphatic rings. The number of hydrogen-bond donors (Lipinski definition) is 1. The fourth-order valence-electron chi connectivity index (χ4n) is 3.25. The van der Waals surface area contributed by atoms with E-state index in [0.717, 1.165) is 24.4 Å². The molecule has 3 atom stereocenters. The summed E-state index contributed by atoms with van der Waals surface area (Å²) in [6.07, 6.45) is 0.824. The molecule has 0 radical (unpaired) electrons. The van der Waals surface area contributed by atoms with E-state index >= 15 is 0 Å². The highest BCUT2D eigenvalue weighted by Gasteiger charge is 2.23. The van der Waals surface area contributed by atoms with Crippen LogP contribution in [0.25, 0.3) is 0 Å². The van der Waals surface area contributed by atoms with Crippen molar-refractivity contribution in [2.24, 2.45) is 11.8 Å². The molecule has 1 saturated heterocycles. The lowest BCUT2D eigenvalue weighted by molar-refractivity contribution is 0.0427. The van der Waals surface area contributed by atoms with Gasteiger partial charge < -0.3 is 14.7 Å². The maximum Gasteiger partial charge on any atom is 0.122 e. The monoisotopic (exact) mass is 311 g/mol. The first-order valence-corrected chi connectivity index (χ1v) is 8.11. The summed E-state index contributed by atoms with van der Waals surface area (Å²) in [6.45, 7) is 9.67. The zero-order valence-corrected chi connectivity index (χ0v) is 13.9. The van der Waals surface area contributed by atoms with Crippen molar-refractivity contribution in [1.82, 2.24) is 4.90 Å². The second kappa shape index (κ2) is 7.48. The first kappa shape index (κ1) is 16.6. The van der Waals surface area contributed by atoms with Crippen LogP contribution in [0.3, 0.4) is 0 Å². The summed E-state index contributed by atoms with van der Waals surface area (Å²) in [4.78, 5) is 2.35. The molecule has 3 nitrogen and oxygen atoms in total. The Morgan fingerprint density at radius 3 is 2.62 bits per heavy atom. The average Bonchev–Trinajstić information content (AvgIpc) is 2.36. The van der Waals surface area contributed by atoms with E-state index in [-0.39, 0.29) is 0 Å². The number of piperidine rings is 1. The van der Waals surface area contributed by atoms with E-state index in [4.69, 9.17) is 16.3 Å². The Labute approximate surface area is 132 Å². The number of halogens is 1. The third kappa shape index (κ3) is 5.17. The van der Waals surface area contributed by atoms with Gasteiger partial charge in [0.05, 0.1) is 0 Å². The molecule has 0 bridgehead atoms. The van der Waals surface area contributed by atoms with Crippen molar-refractivity contribution in [3.63, 3.8) is 0 Å². The summed E-state index contributed by atoms with van der Waals surface area (Å²) in [5.41, 5.74) is 0.995. The molecule has 1 heterocycles. The minimum Gasteiger partial charge on any atom is -0.491 e. The Hall–Kier alpha value is -0.770. The zero-order valence-electron chi connectivity index (χ0n) is 13.2. The molecule has 1 fully saturated rings. The molecule has 21 heavy (non-hydrogen) atoms. The summed E-state index contributed by atoms with van der Waals surface area (Å²) >= 11 is 5.92. The molecule has 0 spiro atoms. The van der Waals surface area contributed by atoms with Crippen LogP contribution in [0.1, 0.15) is 25.8 Å². The molecule has 2 rings (SSSR count). The molecule has 118 valence electrons. The molecule has 1 aromatic rings. The predicted molar refractivity (Wildman–Crippen MR) is 87.1 cm³/mol. The van der Waals surface area contributed by atoms with Crippen LogP contribution in [-0.2, 0) is 0 Å². The van der Waals surface area contributed by atoms with Crippen LogP contribution in [-0.4, -0.2) is 42.4 Å². The summed E-state index contributed by atoms with van der Waals surface area (Å²) in [5.74, 6) is 2.21. The minimum absolute atomic E-state index is 0.321. The molecular formula is C17H26ClNO2. The Morgan fingerprint density at radius 2 is 2.00 bits per heavy atom. The van der Waals surface area contributed by atoms with Crippen molar-refractivity contribution in [2.75, 3.05) is 26.2 Å². The molecule has 1 N–H and O–H groups in total. The van der Waals surface area contributed by atoms with Crippen LogP contribution in [0, 0.1) is 18.8 Å². The normalized spacial score (nSPS) is 24.8. The highest BCUT2D eigenvalue weighted by Crippen LogP contribution is 2.23. The molecule has 0 saturated carbocycles. The molecule has 1 aliphatic heterocycles. The number of aliphatic hydroxyl groups is 1. The summed E-state index contributed by atoms with van der Waals surface area (Å²) in [5, 5.41) is 10.9. The van der Waals surface area contributed by atoms with E-state index in [0.29, 0.717) is 30.0 Å². The topological polar surface area (TPSA) is 32.7 Å². The number of rotatable bonds is 5. The standard InChI is InChI=1S/C17H26ClNO2/c1-12-6-13(2)9-19(8-12)10-16(20)11-21-17-5-4-15(18)7-14(17)3/h4-5,7,12-13,16,20H,6,8-11H2,1-3H3/t12-,13-,16-/m0/s1. The SMILES string of the molecule is Cc1cc(Cl)ccc1OC[C@@H](O)CN1C[C@@H](C)C[C@H](C)C1. The van der Waals surface area contributed by atoms with Crippen LogP contribution in [0.5, 0.6) is 5.75 Å². The van der Waals surface area contributed by atoms with Gasteiger partial charge in [-0.05, 0) is 48.9 Å². The Balaban J connectivity index is 1.80. The highest BCUT2D eigenvalue weighted by molar-refractivity contribution is 6.30. The maximum absolute atomic E-state index is 10.2. The Morgan fingerprint density at radius 1 is 1.33 bits per heavy atom. The van der Waals surface area contributed by atoms with Gasteiger partial charge in [-0.3, -0.25) is 0 Å². The number of hydrogen-bond acceptors (Lipinski definition) is 3. The first-order valence-electron chi connectivity index (χ1n) is 7.73. The highest BCUT2D eigenvalue weighted by atomic mass is 35.5. The van der Waals surface area contributed by atoms with Crippen molar-refractivity contribution < 1.29 is 9.84 Å². The van der Waals surface area contributed by atoms with Crippen LogP contribution in [0.15, 0.2) is 18.2 Å². The summed E-state index contributed by atoms with van der Waals surface area (Å²) in [7, 11) is 0. The third-order valence-corrected chi connectivity index (χ3v) is 4.22. The van der Waals surface area contributed by atoms with Gasteiger partial charge in [0.1, 0.15) is 18.5 Å². The fraction of sp³-hybridized carbons (Fsp3) is 0.647. The molecule has 4 heteroatoms. The zero-order chi connectivity index (χ0) is 15.4. The fourth-order valence-corrected chi connectivity index (χ4v) is 3.48. The van der Waals surface area contributed by atoms with Crippen molar-refractivity contribution >= 4 is 11.6 Å². The van der Waals surface area contributed by atoms with E-state index in [1.165, 1.54) is 6.42 Å². The molecule has 0 amide bonds. The second-order valence-electron chi connectivity index (χ2n) is 6.54. The number of ether oxygens (including phenoxy) is 1. The summed E-state index contributed by atoms with van der Waals surface area (Å²) in [6, 6.07) is 5.54. The van der Waals surface area contributed by atoms with Crippen molar-refractivity contribution in [1.29, 1.82) is 0 Å². The largest absolute Gasteiger partial charge is 0.491 e. The summed E-state index contributed by atoms with van der Waals surface area (Å²) < 4.78 is 5.71. The predicted octanol–water partition coefficient (Wildman–Crippen LogP) is 3.37. The van der Waals surface area contributed by atoms with Gasteiger partial charge in [0.2, 0.25) is 0 Å². The maximum atomic E-state index is 10.2. The van der Waals surface area contributed by atoms with E-state index < -0.39 is 6.10 Å². The first-order chi connectivity index (χ1) is 9.94. The van der Waals surface area contributed by atoms with Gasteiger partial charge in [-0.25, -0.2) is 0 Å². The van der Waals surface area contributed by atoms with Gasteiger partial charge in [-0.15, -0.1) is 0 Å². The molecule has 0 unspecified atom stereocenters. The van der Waals surface area contributed by atoms with E-state index in [9.17, 15) is 5.11 Å². The lowest BCUT2D eigenvalue weighted by Crippen LogP contribution is -2.44. The van der Waals surface area contributed by atoms with Gasteiger partial charge >= 0.3 is 0 Å². The van der Waals surface area contributed by atoms with Gasteiger partial charge in [-0.2, -0.15) is 0 Å². The molecule has 0 aliphatic carbocycles. The van der Waals surface area contributed by atoms with Gasteiger partial charge in [0.25, 0.3) is 0 Å². The molecular weight excluding hydrogens is 286 g/mol. The molecule has 0 aromatic heterocycles. The van der Waals surface area contributed by atoms with Gasteiger partial charge in [0, 0.05) is 24.7 Å². The van der Waals surface area contributed by atoms with Crippen molar-refractivity contribution in [3.05, 3.63) is 28.8 Å². The van der Waals surface area contributed by atoms with E-state index in [1.807, 2.05) is 25.1 Å². The Bertz CT molecular complexity index is 456. The lowest BCUT2D eigenvalue weighted by Gasteiger charge is -2.35. The van der Waals surface area contributed by atoms with Crippen LogP contribution in [0.2, 0.25) is 5.02 Å². The number of aliphatic hydroxyl groups excluding tert-OH is 1. The third-order valence-electron chi connectivity index (χ3n) is 3.98. The van der Waals surface area contributed by atoms with Gasteiger partial charge in [-0.1, -0.05) is 25.4 Å². The minimum atomic E-state index is -0.461. The lowest BCUT2D eigenvalue weighted by atomic mass is 9.92. The average molecular weight is 312 g/mol. The van der Waals surface area contributed by atoms with Crippen molar-refractivity contribution in [3.8, 4) is 5.75 Å². The van der Waals surface area contributed by atoms with E-state index in [1.54, 1.807) is 0 Å². The van der Waals surface area contributed by atoms with Crippen LogP contribution >= 0.6 is 11.6 Å². The second-order valence-corrected chi connectivity index (χ2v) is 6.98. The van der Waals surface area contributed by atoms with Crippen LogP contribution < -0.4 is 4.74 Å². The van der Waals surface area contributed by atoms with Gasteiger partial charge in [0.15, 0.2) is 0 Å². The molecule has 1 aromatic carbocycles. The number of likely N-dealkylation sites (tertiary alicyclic amines) is 1. The van der Waals surface area contributed by atoms with E-state index in [2.05, 4.69) is 18.7 Å². The number of nitrogens with zero attached hydrogens (tertiary/aromatic N) is 1. The number of β-amino-alcohol motifs (C(OH)–C–C–N with tert-alkyl or cyclic N) is 1. The van der Waals surface area contributed by atoms with Crippen LogP contribution in [0.4, 0.5) is 0 Å². The Kier molecular flexibility index (Phi) is 5.91. The number of aryl methyl sites for hydroxylation is 1. The smallest absolute Gasteiger partial charge is 0.122 e.